The first-order valence-electron chi connectivity index (χ1n) is 8.36. The minimum atomic E-state index is 0.355. The van der Waals surface area contributed by atoms with Gasteiger partial charge in [-0.2, -0.15) is 0 Å². The van der Waals surface area contributed by atoms with Gasteiger partial charge in [-0.1, -0.05) is 59.6 Å². The van der Waals surface area contributed by atoms with Crippen molar-refractivity contribution in [3.63, 3.8) is 0 Å². The molecule has 136 valence electrons. The molecule has 0 saturated heterocycles. The Morgan fingerprint density at radius 3 is 2.59 bits per heavy atom. The van der Waals surface area contributed by atoms with Crippen LogP contribution in [0.2, 0.25) is 10.0 Å². The average Bonchev–Trinajstić information content (AvgIpc) is 3.19. The first kappa shape index (κ1) is 17.6. The molecule has 4 aromatic rings. The Morgan fingerprint density at radius 1 is 0.963 bits per heavy atom. The smallest absolute Gasteiger partial charge is 0.138 e. The highest BCUT2D eigenvalue weighted by molar-refractivity contribution is 6.35. The molecule has 27 heavy (non-hydrogen) atoms. The van der Waals surface area contributed by atoms with Crippen molar-refractivity contribution in [1.29, 1.82) is 0 Å². The van der Waals surface area contributed by atoms with Gasteiger partial charge in [-0.05, 0) is 29.0 Å². The maximum absolute atomic E-state index is 6.27. The van der Waals surface area contributed by atoms with E-state index >= 15 is 0 Å². The molecule has 0 unspecified atom stereocenters. The zero-order valence-electron chi connectivity index (χ0n) is 14.3. The van der Waals surface area contributed by atoms with Crippen LogP contribution in [0.25, 0.3) is 10.8 Å². The van der Waals surface area contributed by atoms with Gasteiger partial charge in [0.05, 0.1) is 6.54 Å². The van der Waals surface area contributed by atoms with Gasteiger partial charge in [-0.15, -0.1) is 10.2 Å². The van der Waals surface area contributed by atoms with Gasteiger partial charge in [0.1, 0.15) is 25.0 Å². The van der Waals surface area contributed by atoms with Gasteiger partial charge in [0.15, 0.2) is 0 Å². The van der Waals surface area contributed by atoms with Crippen molar-refractivity contribution in [3.8, 4) is 5.75 Å². The number of aromatic nitrogens is 3. The van der Waals surface area contributed by atoms with Crippen LogP contribution >= 0.6 is 23.2 Å². The highest BCUT2D eigenvalue weighted by atomic mass is 35.5. The number of hydrogen-bond donors (Lipinski definition) is 1. The topological polar surface area (TPSA) is 52.0 Å². The van der Waals surface area contributed by atoms with E-state index in [9.17, 15) is 0 Å². The Bertz CT molecular complexity index is 1070. The fourth-order valence-corrected chi connectivity index (χ4v) is 3.34. The molecule has 1 aromatic heterocycles. The van der Waals surface area contributed by atoms with Crippen molar-refractivity contribution >= 4 is 34.0 Å². The van der Waals surface area contributed by atoms with Crippen LogP contribution in [0.5, 0.6) is 5.75 Å². The van der Waals surface area contributed by atoms with Crippen LogP contribution in [-0.4, -0.2) is 14.9 Å². The molecule has 0 saturated carbocycles. The Morgan fingerprint density at radius 2 is 1.78 bits per heavy atom. The van der Waals surface area contributed by atoms with Crippen LogP contribution < -0.4 is 10.2 Å². The molecule has 1 N–H and O–H groups in total. The molecule has 0 bridgehead atoms. The highest BCUT2D eigenvalue weighted by Gasteiger charge is 2.10. The van der Waals surface area contributed by atoms with Crippen LogP contribution in [0.4, 0.5) is 0 Å². The summed E-state index contributed by atoms with van der Waals surface area (Å²) in [7, 11) is 0. The van der Waals surface area contributed by atoms with Crippen LogP contribution in [-0.2, 0) is 13.2 Å². The number of benzene rings is 3. The quantitative estimate of drug-likeness (QED) is 0.492. The van der Waals surface area contributed by atoms with Gasteiger partial charge in [-0.3, -0.25) is 0 Å². The van der Waals surface area contributed by atoms with Crippen LogP contribution in [0.15, 0.2) is 67.3 Å². The Balaban J connectivity index is 1.63. The zero-order chi connectivity index (χ0) is 18.6. The minimum absolute atomic E-state index is 0.355. The molecular weight excluding hydrogens is 383 g/mol. The molecule has 3 aromatic carbocycles. The molecule has 5 nitrogen and oxygen atoms in total. The van der Waals surface area contributed by atoms with Gasteiger partial charge in [0.25, 0.3) is 0 Å². The highest BCUT2D eigenvalue weighted by Crippen LogP contribution is 2.30. The predicted molar refractivity (Wildman–Crippen MR) is 108 cm³/mol. The van der Waals surface area contributed by atoms with Crippen molar-refractivity contribution < 1.29 is 4.74 Å². The van der Waals surface area contributed by atoms with Crippen LogP contribution in [0.1, 0.15) is 11.1 Å². The van der Waals surface area contributed by atoms with Crippen LogP contribution in [0, 0.1) is 0 Å². The Hall–Kier alpha value is -2.76. The van der Waals surface area contributed by atoms with Crippen molar-refractivity contribution in [2.45, 2.75) is 13.2 Å². The van der Waals surface area contributed by atoms with Gasteiger partial charge >= 0.3 is 0 Å². The molecule has 4 rings (SSSR count). The summed E-state index contributed by atoms with van der Waals surface area (Å²) >= 11 is 12.2. The lowest BCUT2D eigenvalue weighted by molar-refractivity contribution is 0.303. The summed E-state index contributed by atoms with van der Waals surface area (Å²) in [5.74, 6) is 0.792. The molecular formula is C20H16Cl2N4O. The fourth-order valence-electron chi connectivity index (χ4n) is 2.88. The molecule has 0 spiro atoms. The number of hydrogen-bond acceptors (Lipinski definition) is 4. The molecule has 0 radical (unpaired) electrons. The second-order valence-electron chi connectivity index (χ2n) is 5.99. The van der Waals surface area contributed by atoms with Gasteiger partial charge in [0, 0.05) is 21.2 Å². The monoisotopic (exact) mass is 398 g/mol. The minimum Gasteiger partial charge on any atom is -0.488 e. The van der Waals surface area contributed by atoms with Gasteiger partial charge in [0.2, 0.25) is 0 Å². The first-order chi connectivity index (χ1) is 13.2. The molecule has 1 heterocycles. The SMILES string of the molecule is Clc1ccc(COc2ccc3ccccc3c2CNn2cnnc2)c(Cl)c1. The standard InChI is InChI=1S/C20H16Cl2N4O/c21-16-7-5-15(19(22)9-16)11-27-20-8-6-14-3-1-2-4-17(14)18(20)10-25-26-12-23-24-13-26/h1-9,12-13,25H,10-11H2. The molecule has 0 fully saturated rings. The molecule has 0 aliphatic heterocycles. The van der Waals surface area contributed by atoms with E-state index in [-0.39, 0.29) is 0 Å². The van der Waals surface area contributed by atoms with Gasteiger partial charge < -0.3 is 10.2 Å². The first-order valence-corrected chi connectivity index (χ1v) is 9.12. The van der Waals surface area contributed by atoms with E-state index in [1.54, 1.807) is 29.5 Å². The lowest BCUT2D eigenvalue weighted by Gasteiger charge is -2.16. The lowest BCUT2D eigenvalue weighted by atomic mass is 10.0. The lowest BCUT2D eigenvalue weighted by Crippen LogP contribution is -2.13. The second-order valence-corrected chi connectivity index (χ2v) is 6.84. The van der Waals surface area contributed by atoms with Crippen molar-refractivity contribution in [2.24, 2.45) is 0 Å². The second kappa shape index (κ2) is 7.86. The maximum atomic E-state index is 6.27. The third kappa shape index (κ3) is 3.99. The van der Waals surface area contributed by atoms with Crippen molar-refractivity contribution in [3.05, 3.63) is 88.4 Å². The third-order valence-corrected chi connectivity index (χ3v) is 4.84. The number of nitrogens with one attached hydrogen (secondary N) is 1. The number of nitrogens with zero attached hydrogens (tertiary/aromatic N) is 3. The van der Waals surface area contributed by atoms with E-state index in [0.29, 0.717) is 23.2 Å². The molecule has 7 heteroatoms. The maximum Gasteiger partial charge on any atom is 0.138 e. The number of halogens is 2. The molecule has 0 atom stereocenters. The van der Waals surface area contributed by atoms with E-state index < -0.39 is 0 Å². The molecule has 0 aliphatic rings. The third-order valence-electron chi connectivity index (χ3n) is 4.25. The summed E-state index contributed by atoms with van der Waals surface area (Å²) in [5.41, 5.74) is 5.19. The van der Waals surface area contributed by atoms with E-state index in [1.807, 2.05) is 24.3 Å². The average molecular weight is 399 g/mol. The molecule has 0 amide bonds. The summed E-state index contributed by atoms with van der Waals surface area (Å²) in [6.07, 6.45) is 3.22. The van der Waals surface area contributed by atoms with Gasteiger partial charge in [-0.25, -0.2) is 4.68 Å². The number of rotatable bonds is 6. The largest absolute Gasteiger partial charge is 0.488 e. The van der Waals surface area contributed by atoms with Crippen molar-refractivity contribution in [2.75, 3.05) is 5.43 Å². The number of ether oxygens (including phenoxy) is 1. The Labute approximate surface area is 166 Å². The summed E-state index contributed by atoms with van der Waals surface area (Å²) < 4.78 is 7.82. The van der Waals surface area contributed by atoms with E-state index in [0.717, 1.165) is 27.6 Å². The van der Waals surface area contributed by atoms with E-state index in [4.69, 9.17) is 27.9 Å². The molecule has 0 aliphatic carbocycles. The summed E-state index contributed by atoms with van der Waals surface area (Å²) in [6, 6.07) is 17.6. The summed E-state index contributed by atoms with van der Waals surface area (Å²) in [6.45, 7) is 0.914. The predicted octanol–water partition coefficient (Wildman–Crippen LogP) is 5.06. The summed E-state index contributed by atoms with van der Waals surface area (Å²) in [4.78, 5) is 0. The zero-order valence-corrected chi connectivity index (χ0v) is 15.8. The fraction of sp³-hybridized carbons (Fsp3) is 0.100. The number of fused-ring (bicyclic) bond motifs is 1. The Kier molecular flexibility index (Phi) is 5.14. The normalized spacial score (nSPS) is 10.9. The van der Waals surface area contributed by atoms with Crippen molar-refractivity contribution in [1.82, 2.24) is 14.9 Å². The summed E-state index contributed by atoms with van der Waals surface area (Å²) in [5, 5.41) is 11.1. The van der Waals surface area contributed by atoms with Crippen LogP contribution in [0.3, 0.4) is 0 Å². The van der Waals surface area contributed by atoms with E-state index in [1.165, 1.54) is 0 Å². The van der Waals surface area contributed by atoms with E-state index in [2.05, 4.69) is 33.8 Å².